The van der Waals surface area contributed by atoms with Crippen molar-refractivity contribution in [2.24, 2.45) is 0 Å². The van der Waals surface area contributed by atoms with Crippen LogP contribution in [0.15, 0.2) is 30.3 Å². The monoisotopic (exact) mass is 497 g/mol. The summed E-state index contributed by atoms with van der Waals surface area (Å²) in [6, 6.07) is 6.26. The van der Waals surface area contributed by atoms with Gasteiger partial charge < -0.3 is 15.2 Å². The van der Waals surface area contributed by atoms with Crippen molar-refractivity contribution >= 4 is 5.91 Å². The number of hydrogen-bond donors (Lipinski definition) is 2. The van der Waals surface area contributed by atoms with Crippen molar-refractivity contribution in [2.75, 3.05) is 26.3 Å². The molecule has 0 spiro atoms. The molecule has 2 N–H and O–H groups in total. The van der Waals surface area contributed by atoms with E-state index in [0.717, 1.165) is 35.5 Å². The zero-order valence-electron chi connectivity index (χ0n) is 19.9. The highest BCUT2D eigenvalue weighted by molar-refractivity contribution is 5.80. The maximum atomic E-state index is 13.6. The second-order valence-electron chi connectivity index (χ2n) is 8.82. The van der Waals surface area contributed by atoms with Gasteiger partial charge in [0.2, 0.25) is 5.91 Å². The van der Waals surface area contributed by atoms with Crippen LogP contribution >= 0.6 is 0 Å². The molecule has 0 saturated carbocycles. The highest BCUT2D eigenvalue weighted by Gasteiger charge is 2.32. The van der Waals surface area contributed by atoms with Gasteiger partial charge in [0, 0.05) is 37.1 Å². The molecule has 1 fully saturated rings. The van der Waals surface area contributed by atoms with E-state index in [2.05, 4.69) is 21.3 Å². The molecule has 2 aromatic rings. The number of alkyl halides is 3. The summed E-state index contributed by atoms with van der Waals surface area (Å²) < 4.78 is 58.0. The second kappa shape index (κ2) is 11.9. The number of carbonyl (C=O) groups is 1. The van der Waals surface area contributed by atoms with Gasteiger partial charge in [-0.1, -0.05) is 6.07 Å². The number of halogens is 4. The van der Waals surface area contributed by atoms with Crippen LogP contribution in [0.2, 0.25) is 0 Å². The number of pyridine rings is 1. The van der Waals surface area contributed by atoms with E-state index in [1.54, 1.807) is 0 Å². The van der Waals surface area contributed by atoms with Crippen LogP contribution in [0.25, 0.3) is 0 Å². The molecule has 35 heavy (non-hydrogen) atoms. The van der Waals surface area contributed by atoms with Crippen LogP contribution in [0.4, 0.5) is 17.6 Å². The van der Waals surface area contributed by atoms with E-state index >= 15 is 0 Å². The van der Waals surface area contributed by atoms with Gasteiger partial charge >= 0.3 is 6.18 Å². The maximum absolute atomic E-state index is 13.6. The Hall–Kier alpha value is -2.56. The van der Waals surface area contributed by atoms with Crippen LogP contribution in [-0.4, -0.2) is 59.3 Å². The van der Waals surface area contributed by atoms with Gasteiger partial charge in [0.25, 0.3) is 0 Å². The molecular weight excluding hydrogens is 466 g/mol. The number of benzene rings is 1. The minimum Gasteiger partial charge on any atom is -0.395 e. The Bertz CT molecular complexity index is 1010. The molecule has 1 aliphatic heterocycles. The number of nitrogens with zero attached hydrogens (tertiary/aromatic N) is 2. The fraction of sp³-hybridized carbons (Fsp3) is 0.520. The average molecular weight is 498 g/mol. The highest BCUT2D eigenvalue weighted by Crippen LogP contribution is 2.30. The van der Waals surface area contributed by atoms with Crippen molar-refractivity contribution in [1.82, 2.24) is 15.2 Å². The van der Waals surface area contributed by atoms with Gasteiger partial charge in [-0.15, -0.1) is 0 Å². The number of carbonyl (C=O) groups excluding carboxylic acids is 1. The Morgan fingerprint density at radius 3 is 2.60 bits per heavy atom. The van der Waals surface area contributed by atoms with E-state index in [1.807, 2.05) is 19.9 Å². The molecule has 192 valence electrons. The lowest BCUT2D eigenvalue weighted by molar-refractivity contribution is -0.138. The lowest BCUT2D eigenvalue weighted by Crippen LogP contribution is -2.48. The number of aliphatic hydroxyl groups excluding tert-OH is 1. The van der Waals surface area contributed by atoms with Crippen molar-refractivity contribution < 1.29 is 32.2 Å². The molecule has 2 unspecified atom stereocenters. The number of hydrogen-bond acceptors (Lipinski definition) is 5. The van der Waals surface area contributed by atoms with Crippen LogP contribution in [0.3, 0.4) is 0 Å². The molecule has 1 aliphatic rings. The fourth-order valence-electron chi connectivity index (χ4n) is 4.30. The first kappa shape index (κ1) is 27.0. The Labute approximate surface area is 202 Å². The largest absolute Gasteiger partial charge is 0.416 e. The molecule has 0 aliphatic carbocycles. The van der Waals surface area contributed by atoms with Gasteiger partial charge in [-0.05, 0) is 68.5 Å². The van der Waals surface area contributed by atoms with E-state index in [4.69, 9.17) is 4.74 Å². The predicted octanol–water partition coefficient (Wildman–Crippen LogP) is 3.56. The number of aromatic nitrogens is 1. The van der Waals surface area contributed by atoms with E-state index in [-0.39, 0.29) is 24.8 Å². The molecule has 2 heterocycles. The number of aryl methyl sites for hydroxylation is 2. The summed E-state index contributed by atoms with van der Waals surface area (Å²) in [4.78, 5) is 19.1. The number of rotatable bonds is 9. The molecule has 0 bridgehead atoms. The standard InChI is InChI=1S/C25H31F4N3O3/c1-16-3-4-19(17(2)31-16)7-8-32(9-10-33)22-5-6-23(35-15-22)24(34)30-14-18-11-20(25(27,28)29)13-21(26)12-18/h3-4,11-13,22-23,33H,5-10,14-15H2,1-2H3,(H,30,34). The molecule has 6 nitrogen and oxygen atoms in total. The minimum atomic E-state index is -4.67. The smallest absolute Gasteiger partial charge is 0.395 e. The summed E-state index contributed by atoms with van der Waals surface area (Å²) in [5, 5.41) is 12.0. The molecule has 1 saturated heterocycles. The molecule has 1 aromatic carbocycles. The van der Waals surface area contributed by atoms with Gasteiger partial charge in [-0.2, -0.15) is 13.2 Å². The number of amides is 1. The SMILES string of the molecule is Cc1ccc(CCN(CCO)C2CCC(C(=O)NCc3cc(F)cc(C(F)(F)F)c3)OC2)c(C)n1. The van der Waals surface area contributed by atoms with Crippen LogP contribution in [-0.2, 0) is 28.7 Å². The van der Waals surface area contributed by atoms with Gasteiger partial charge in [0.1, 0.15) is 11.9 Å². The molecule has 1 amide bonds. The van der Waals surface area contributed by atoms with Gasteiger partial charge in [0.05, 0.1) is 18.8 Å². The molecule has 1 aromatic heterocycles. The topological polar surface area (TPSA) is 74.7 Å². The zero-order valence-corrected chi connectivity index (χ0v) is 19.9. The molecule has 2 atom stereocenters. The molecule has 3 rings (SSSR count). The predicted molar refractivity (Wildman–Crippen MR) is 122 cm³/mol. The summed E-state index contributed by atoms with van der Waals surface area (Å²) in [5.74, 6) is -1.46. The molecule has 10 heteroatoms. The summed E-state index contributed by atoms with van der Waals surface area (Å²) in [6.07, 6.45) is -3.53. The van der Waals surface area contributed by atoms with Crippen molar-refractivity contribution in [3.63, 3.8) is 0 Å². The summed E-state index contributed by atoms with van der Waals surface area (Å²) in [5.41, 5.74) is 2.00. The third-order valence-corrected chi connectivity index (χ3v) is 6.20. The van der Waals surface area contributed by atoms with Crippen LogP contribution in [0.1, 0.15) is 40.9 Å². The first-order chi connectivity index (χ1) is 16.6. The Balaban J connectivity index is 1.51. The first-order valence-corrected chi connectivity index (χ1v) is 11.6. The number of aliphatic hydroxyl groups is 1. The van der Waals surface area contributed by atoms with Crippen molar-refractivity contribution in [2.45, 2.75) is 58.0 Å². The maximum Gasteiger partial charge on any atom is 0.416 e. The van der Waals surface area contributed by atoms with E-state index < -0.39 is 29.6 Å². The Morgan fingerprint density at radius 1 is 1.20 bits per heavy atom. The Morgan fingerprint density at radius 2 is 1.97 bits per heavy atom. The van der Waals surface area contributed by atoms with Crippen LogP contribution in [0, 0.1) is 19.7 Å². The molecular formula is C25H31F4N3O3. The normalized spacial score (nSPS) is 18.6. The van der Waals surface area contributed by atoms with Gasteiger partial charge in [0.15, 0.2) is 0 Å². The minimum absolute atomic E-state index is 0.000899. The van der Waals surface area contributed by atoms with Crippen molar-refractivity contribution in [1.29, 1.82) is 0 Å². The Kier molecular flexibility index (Phi) is 9.21. The third kappa shape index (κ3) is 7.71. The number of ether oxygens (including phenoxy) is 1. The summed E-state index contributed by atoms with van der Waals surface area (Å²) in [7, 11) is 0. The summed E-state index contributed by atoms with van der Waals surface area (Å²) >= 11 is 0. The average Bonchev–Trinajstić information content (AvgIpc) is 2.80. The van der Waals surface area contributed by atoms with E-state index in [0.29, 0.717) is 38.6 Å². The van der Waals surface area contributed by atoms with Gasteiger partial charge in [-0.25, -0.2) is 4.39 Å². The van der Waals surface area contributed by atoms with E-state index in [9.17, 15) is 27.5 Å². The molecule has 0 radical (unpaired) electrons. The summed E-state index contributed by atoms with van der Waals surface area (Å²) in [6.45, 7) is 5.16. The lowest BCUT2D eigenvalue weighted by Gasteiger charge is -2.36. The quantitative estimate of drug-likeness (QED) is 0.519. The third-order valence-electron chi connectivity index (χ3n) is 6.20. The zero-order chi connectivity index (χ0) is 25.6. The first-order valence-electron chi connectivity index (χ1n) is 11.6. The van der Waals surface area contributed by atoms with Crippen LogP contribution in [0.5, 0.6) is 0 Å². The second-order valence-corrected chi connectivity index (χ2v) is 8.82. The van der Waals surface area contributed by atoms with Crippen molar-refractivity contribution in [3.8, 4) is 0 Å². The fourth-order valence-corrected chi connectivity index (χ4v) is 4.30. The van der Waals surface area contributed by atoms with Crippen LogP contribution < -0.4 is 5.32 Å². The highest BCUT2D eigenvalue weighted by atomic mass is 19.4. The van der Waals surface area contributed by atoms with E-state index in [1.165, 1.54) is 0 Å². The lowest BCUT2D eigenvalue weighted by atomic mass is 10.0. The van der Waals surface area contributed by atoms with Gasteiger partial charge in [-0.3, -0.25) is 14.7 Å². The number of nitrogens with one attached hydrogen (secondary N) is 1. The van der Waals surface area contributed by atoms with Crippen molar-refractivity contribution in [3.05, 3.63) is 64.2 Å².